The number of hydrogen-bond donors (Lipinski definition) is 0. The van der Waals surface area contributed by atoms with Gasteiger partial charge in [0, 0.05) is 24.4 Å². The maximum atomic E-state index is 12.2. The van der Waals surface area contributed by atoms with Crippen LogP contribution in [-0.4, -0.2) is 44.2 Å². The minimum Gasteiger partial charge on any atom is -0.462 e. The number of nitrogens with zero attached hydrogens (tertiary/aromatic N) is 3. The summed E-state index contributed by atoms with van der Waals surface area (Å²) < 4.78 is 28.3. The third-order valence-corrected chi connectivity index (χ3v) is 6.12. The van der Waals surface area contributed by atoms with Crippen LogP contribution in [0.2, 0.25) is 5.02 Å². The van der Waals surface area contributed by atoms with E-state index in [4.69, 9.17) is 16.3 Å². The van der Waals surface area contributed by atoms with Gasteiger partial charge in [-0.05, 0) is 19.1 Å². The topological polar surface area (TPSA) is 120 Å². The smallest absolute Gasteiger partial charge is 0.352 e. The molecule has 0 aliphatic heterocycles. The molecule has 0 aliphatic carbocycles. The summed E-state index contributed by atoms with van der Waals surface area (Å²) in [5.41, 5.74) is -0.223. The van der Waals surface area contributed by atoms with Gasteiger partial charge in [0.2, 0.25) is 14.2 Å². The minimum absolute atomic E-state index is 0.0562. The molecule has 2 rings (SSSR count). The van der Waals surface area contributed by atoms with Gasteiger partial charge in [0.15, 0.2) is 10.7 Å². The average Bonchev–Trinajstić information content (AvgIpc) is 3.00. The summed E-state index contributed by atoms with van der Waals surface area (Å²) in [7, 11) is -2.25. The Morgan fingerprint density at radius 1 is 1.46 bits per heavy atom. The van der Waals surface area contributed by atoms with Crippen molar-refractivity contribution in [3.8, 4) is 0 Å². The number of thiazole rings is 1. The van der Waals surface area contributed by atoms with Gasteiger partial charge in [-0.25, -0.2) is 18.2 Å². The summed E-state index contributed by atoms with van der Waals surface area (Å²) in [6, 6.07) is 3.98. The van der Waals surface area contributed by atoms with Crippen molar-refractivity contribution in [3.63, 3.8) is 0 Å². The molecule has 2 aromatic rings. The van der Waals surface area contributed by atoms with Crippen LogP contribution in [0, 0.1) is 10.1 Å². The van der Waals surface area contributed by atoms with Gasteiger partial charge in [-0.15, -0.1) is 0 Å². The molecule has 0 unspecified atom stereocenters. The number of benzene rings is 1. The van der Waals surface area contributed by atoms with Crippen LogP contribution < -0.4 is 4.90 Å². The molecule has 140 valence electrons. The number of nitro groups is 1. The average molecular weight is 420 g/mol. The maximum Gasteiger partial charge on any atom is 0.352 e. The molecule has 0 N–H and O–H groups in total. The third kappa shape index (κ3) is 4.11. The summed E-state index contributed by atoms with van der Waals surface area (Å²) in [6.45, 7) is 1.68. The van der Waals surface area contributed by atoms with E-state index in [2.05, 4.69) is 4.98 Å². The molecule has 0 bridgehead atoms. The molecule has 0 radical (unpaired) electrons. The van der Waals surface area contributed by atoms with Crippen molar-refractivity contribution in [2.75, 3.05) is 24.8 Å². The van der Waals surface area contributed by atoms with E-state index in [1.54, 1.807) is 6.92 Å². The molecule has 0 spiro atoms. The number of carbonyl (C=O) groups is 1. The van der Waals surface area contributed by atoms with E-state index >= 15 is 0 Å². The molecular weight excluding hydrogens is 406 g/mol. The van der Waals surface area contributed by atoms with Crippen LogP contribution in [0.1, 0.15) is 16.6 Å². The van der Waals surface area contributed by atoms with Crippen molar-refractivity contribution in [3.05, 3.63) is 38.2 Å². The van der Waals surface area contributed by atoms with E-state index in [1.807, 2.05) is 0 Å². The molecule has 0 aliphatic rings. The SMILES string of the molecule is CCOC(=O)c1sc(S(C)(=O)=O)nc1N(C)c1ccc(Cl)cc1[N+](=O)[O-]. The monoisotopic (exact) mass is 419 g/mol. The molecule has 9 nitrogen and oxygen atoms in total. The lowest BCUT2D eigenvalue weighted by Crippen LogP contribution is -2.16. The van der Waals surface area contributed by atoms with Crippen LogP contribution in [-0.2, 0) is 14.6 Å². The lowest BCUT2D eigenvalue weighted by molar-refractivity contribution is -0.384. The summed E-state index contributed by atoms with van der Waals surface area (Å²) >= 11 is 6.45. The van der Waals surface area contributed by atoms with Crippen LogP contribution >= 0.6 is 22.9 Å². The quantitative estimate of drug-likeness (QED) is 0.398. The van der Waals surface area contributed by atoms with Crippen molar-refractivity contribution in [2.24, 2.45) is 0 Å². The number of anilines is 2. The van der Waals surface area contributed by atoms with Gasteiger partial charge >= 0.3 is 5.97 Å². The van der Waals surface area contributed by atoms with E-state index in [0.29, 0.717) is 11.3 Å². The fraction of sp³-hybridized carbons (Fsp3) is 0.286. The fourth-order valence-electron chi connectivity index (χ4n) is 2.05. The van der Waals surface area contributed by atoms with Crippen LogP contribution in [0.25, 0.3) is 0 Å². The summed E-state index contributed by atoms with van der Waals surface area (Å²) in [5, 5.41) is 11.5. The highest BCUT2D eigenvalue weighted by molar-refractivity contribution is 7.92. The molecule has 0 saturated heterocycles. The van der Waals surface area contributed by atoms with Crippen molar-refractivity contribution in [1.82, 2.24) is 4.98 Å². The number of sulfone groups is 1. The lowest BCUT2D eigenvalue weighted by Gasteiger charge is -2.18. The highest BCUT2D eigenvalue weighted by Crippen LogP contribution is 2.38. The Morgan fingerprint density at radius 3 is 2.65 bits per heavy atom. The lowest BCUT2D eigenvalue weighted by atomic mass is 10.2. The number of carbonyl (C=O) groups excluding carboxylic acids is 1. The third-order valence-electron chi connectivity index (χ3n) is 3.18. The normalized spacial score (nSPS) is 11.2. The fourth-order valence-corrected chi connectivity index (χ4v) is 4.05. The molecule has 0 amide bonds. The second-order valence-corrected chi connectivity index (χ2v) is 8.70. The molecule has 12 heteroatoms. The van der Waals surface area contributed by atoms with E-state index in [-0.39, 0.29) is 38.0 Å². The first-order valence-electron chi connectivity index (χ1n) is 7.12. The van der Waals surface area contributed by atoms with Gasteiger partial charge in [-0.3, -0.25) is 10.1 Å². The van der Waals surface area contributed by atoms with E-state index < -0.39 is 20.7 Å². The van der Waals surface area contributed by atoms with Crippen LogP contribution in [0.5, 0.6) is 0 Å². The van der Waals surface area contributed by atoms with Crippen molar-refractivity contribution < 1.29 is 22.9 Å². The first-order valence-corrected chi connectivity index (χ1v) is 10.2. The maximum absolute atomic E-state index is 12.2. The standard InChI is InChI=1S/C14H14ClN3O6S2/c1-4-24-13(19)11-12(16-14(25-11)26(3,22)23)17(2)9-6-5-8(15)7-10(9)18(20)21/h5-7H,4H2,1-3H3. The molecule has 26 heavy (non-hydrogen) atoms. The molecule has 0 atom stereocenters. The summed E-state index contributed by atoms with van der Waals surface area (Å²) in [4.78, 5) is 28.0. The van der Waals surface area contributed by atoms with E-state index in [0.717, 1.165) is 12.3 Å². The first kappa shape index (κ1) is 20.1. The number of nitro benzene ring substituents is 1. The van der Waals surface area contributed by atoms with Crippen molar-refractivity contribution in [2.45, 2.75) is 11.3 Å². The number of hydrogen-bond acceptors (Lipinski definition) is 9. The Morgan fingerprint density at radius 2 is 2.12 bits per heavy atom. The highest BCUT2D eigenvalue weighted by atomic mass is 35.5. The summed E-state index contributed by atoms with van der Waals surface area (Å²) in [6.07, 6.45) is 0.954. The predicted molar refractivity (Wildman–Crippen MR) is 97.3 cm³/mol. The van der Waals surface area contributed by atoms with Gasteiger partial charge in [-0.2, -0.15) is 0 Å². The second-order valence-electron chi connectivity index (χ2n) is 5.07. The predicted octanol–water partition coefficient (Wildman–Crippen LogP) is 3.05. The Labute approximate surface area is 158 Å². The number of rotatable bonds is 6. The molecule has 1 aromatic heterocycles. The molecular formula is C14H14ClN3O6S2. The van der Waals surface area contributed by atoms with Crippen molar-refractivity contribution in [1.29, 1.82) is 0 Å². The largest absolute Gasteiger partial charge is 0.462 e. The van der Waals surface area contributed by atoms with Crippen LogP contribution in [0.4, 0.5) is 17.2 Å². The summed E-state index contributed by atoms with van der Waals surface area (Å²) in [5.74, 6) is -0.822. The van der Waals surface area contributed by atoms with Gasteiger partial charge in [0.1, 0.15) is 5.69 Å². The van der Waals surface area contributed by atoms with Crippen LogP contribution in [0.3, 0.4) is 0 Å². The van der Waals surface area contributed by atoms with Gasteiger partial charge in [0.05, 0.1) is 11.5 Å². The molecule has 0 fully saturated rings. The Bertz CT molecular complexity index is 973. The zero-order valence-electron chi connectivity index (χ0n) is 13.9. The van der Waals surface area contributed by atoms with Crippen LogP contribution in [0.15, 0.2) is 22.5 Å². The molecule has 1 heterocycles. The zero-order chi connectivity index (χ0) is 19.6. The number of ether oxygens (including phenoxy) is 1. The van der Waals surface area contributed by atoms with Gasteiger partial charge in [-0.1, -0.05) is 22.9 Å². The number of halogens is 1. The Balaban J connectivity index is 2.65. The zero-order valence-corrected chi connectivity index (χ0v) is 16.3. The van der Waals surface area contributed by atoms with Gasteiger partial charge < -0.3 is 9.64 Å². The molecule has 0 saturated carbocycles. The van der Waals surface area contributed by atoms with E-state index in [9.17, 15) is 23.3 Å². The number of esters is 1. The highest BCUT2D eigenvalue weighted by Gasteiger charge is 2.29. The second kappa shape index (κ2) is 7.56. The Kier molecular flexibility index (Phi) is 5.84. The van der Waals surface area contributed by atoms with Gasteiger partial charge in [0.25, 0.3) is 5.69 Å². The van der Waals surface area contributed by atoms with Crippen molar-refractivity contribution >= 4 is 55.9 Å². The Hall–Kier alpha value is -2.24. The van der Waals surface area contributed by atoms with E-state index in [1.165, 1.54) is 24.1 Å². The number of aromatic nitrogens is 1. The molecule has 1 aromatic carbocycles. The first-order chi connectivity index (χ1) is 12.1. The minimum atomic E-state index is -3.68.